The molecule has 32 heavy (non-hydrogen) atoms. The van der Waals surface area contributed by atoms with Gasteiger partial charge in [-0.2, -0.15) is 15.3 Å². The Morgan fingerprint density at radius 3 is 2.53 bits per heavy atom. The minimum absolute atomic E-state index is 0.116. The van der Waals surface area contributed by atoms with Gasteiger partial charge in [0.2, 0.25) is 5.95 Å². The number of hydrogen-bond acceptors (Lipinski definition) is 6. The average Bonchev–Trinajstić information content (AvgIpc) is 3.06. The van der Waals surface area contributed by atoms with Gasteiger partial charge in [0, 0.05) is 24.7 Å². The van der Waals surface area contributed by atoms with E-state index < -0.39 is 29.6 Å². The maximum absolute atomic E-state index is 13.7. The number of fused-ring (bicyclic) bond motifs is 1. The molecule has 2 aromatic carbocycles. The lowest BCUT2D eigenvalue weighted by molar-refractivity contribution is 0.568. The van der Waals surface area contributed by atoms with E-state index in [-0.39, 0.29) is 23.1 Å². The molecule has 0 aliphatic rings. The smallest absolute Gasteiger partial charge is 0.324 e. The van der Waals surface area contributed by atoms with Crippen LogP contribution in [0, 0.1) is 23.0 Å². The number of nitrogens with one attached hydrogen (secondary N) is 1. The van der Waals surface area contributed by atoms with Crippen LogP contribution >= 0.6 is 11.6 Å². The van der Waals surface area contributed by atoms with Crippen LogP contribution in [0.5, 0.6) is 0 Å². The molecule has 4 aromatic rings. The van der Waals surface area contributed by atoms with E-state index in [1.807, 2.05) is 0 Å². The monoisotopic (exact) mass is 457 g/mol. The molecule has 2 heterocycles. The molecule has 12 heteroatoms. The summed E-state index contributed by atoms with van der Waals surface area (Å²) in [6.07, 6.45) is 1.75. The Bertz CT molecular complexity index is 1500. The Hall–Kier alpha value is -4.04. The van der Waals surface area contributed by atoms with E-state index in [4.69, 9.17) is 16.9 Å². The summed E-state index contributed by atoms with van der Waals surface area (Å²) in [4.78, 5) is 29.1. The Labute approximate surface area is 183 Å². The summed E-state index contributed by atoms with van der Waals surface area (Å²) < 4.78 is 30.5. The molecule has 0 bridgehead atoms. The van der Waals surface area contributed by atoms with Crippen molar-refractivity contribution in [2.75, 3.05) is 5.32 Å². The molecule has 0 unspecified atom stereocenters. The SMILES string of the molecule is Cn1cc2cc(Nc3nc(=O)n(CC#N)c(=O)n3Cc3cc(F)cc(F)c3)c(Cl)cc2n1. The molecule has 2 aromatic heterocycles. The number of aryl methyl sites for hydroxylation is 1. The summed E-state index contributed by atoms with van der Waals surface area (Å²) in [6.45, 7) is -0.855. The van der Waals surface area contributed by atoms with Crippen molar-refractivity contribution in [3.8, 4) is 6.07 Å². The van der Waals surface area contributed by atoms with Gasteiger partial charge in [0.1, 0.15) is 18.2 Å². The number of anilines is 2. The second kappa shape index (κ2) is 8.24. The van der Waals surface area contributed by atoms with Crippen LogP contribution in [0.15, 0.2) is 46.1 Å². The van der Waals surface area contributed by atoms with E-state index in [0.717, 1.165) is 22.1 Å². The number of aromatic nitrogens is 5. The van der Waals surface area contributed by atoms with Crippen LogP contribution in [-0.2, 0) is 20.1 Å². The van der Waals surface area contributed by atoms with Crippen LogP contribution in [0.25, 0.3) is 10.9 Å². The molecule has 0 radical (unpaired) electrons. The highest BCUT2D eigenvalue weighted by Crippen LogP contribution is 2.29. The van der Waals surface area contributed by atoms with Crippen LogP contribution in [0.4, 0.5) is 20.4 Å². The summed E-state index contributed by atoms with van der Waals surface area (Å²) in [7, 11) is 1.74. The molecule has 0 spiro atoms. The van der Waals surface area contributed by atoms with E-state index >= 15 is 0 Å². The van der Waals surface area contributed by atoms with Crippen molar-refractivity contribution in [3.63, 3.8) is 0 Å². The summed E-state index contributed by atoms with van der Waals surface area (Å²) >= 11 is 6.32. The third-order valence-corrected chi connectivity index (χ3v) is 4.91. The molecular formula is C20H14ClF2N7O2. The zero-order valence-electron chi connectivity index (χ0n) is 16.5. The number of nitriles is 1. The molecular weight excluding hydrogens is 444 g/mol. The fourth-order valence-electron chi connectivity index (χ4n) is 3.24. The van der Waals surface area contributed by atoms with Gasteiger partial charge in [-0.1, -0.05) is 11.6 Å². The van der Waals surface area contributed by atoms with Crippen molar-refractivity contribution >= 4 is 34.1 Å². The zero-order valence-corrected chi connectivity index (χ0v) is 17.3. The van der Waals surface area contributed by atoms with Gasteiger partial charge in [-0.15, -0.1) is 0 Å². The molecule has 0 fully saturated rings. The van der Waals surface area contributed by atoms with Crippen LogP contribution < -0.4 is 16.7 Å². The van der Waals surface area contributed by atoms with Crippen LogP contribution in [0.3, 0.4) is 0 Å². The topological polar surface area (TPSA) is 111 Å². The Balaban J connectivity index is 1.85. The summed E-state index contributed by atoms with van der Waals surface area (Å²) in [5.41, 5.74) is -0.759. The molecule has 0 aliphatic carbocycles. The van der Waals surface area contributed by atoms with Crippen molar-refractivity contribution in [2.45, 2.75) is 13.1 Å². The molecule has 0 aliphatic heterocycles. The molecule has 0 saturated heterocycles. The van der Waals surface area contributed by atoms with Crippen LogP contribution in [0.2, 0.25) is 5.02 Å². The van der Waals surface area contributed by atoms with Crippen LogP contribution in [0.1, 0.15) is 5.56 Å². The third kappa shape index (κ3) is 4.08. The summed E-state index contributed by atoms with van der Waals surface area (Å²) in [6, 6.07) is 7.77. The lowest BCUT2D eigenvalue weighted by Crippen LogP contribution is -2.42. The zero-order chi connectivity index (χ0) is 23.0. The first-order valence-corrected chi connectivity index (χ1v) is 9.56. The molecule has 162 valence electrons. The highest BCUT2D eigenvalue weighted by molar-refractivity contribution is 6.34. The van der Waals surface area contributed by atoms with E-state index in [1.54, 1.807) is 36.1 Å². The van der Waals surface area contributed by atoms with Crippen molar-refractivity contribution in [1.29, 1.82) is 5.26 Å². The van der Waals surface area contributed by atoms with E-state index in [2.05, 4.69) is 15.4 Å². The normalized spacial score (nSPS) is 11.0. The van der Waals surface area contributed by atoms with Gasteiger partial charge in [0.05, 0.1) is 28.8 Å². The van der Waals surface area contributed by atoms with Gasteiger partial charge >= 0.3 is 11.4 Å². The molecule has 1 N–H and O–H groups in total. The quantitative estimate of drug-likeness (QED) is 0.493. The fraction of sp³-hybridized carbons (Fsp3) is 0.150. The maximum atomic E-state index is 13.7. The highest BCUT2D eigenvalue weighted by Gasteiger charge is 2.16. The molecule has 4 rings (SSSR count). The lowest BCUT2D eigenvalue weighted by atomic mass is 10.2. The lowest BCUT2D eigenvalue weighted by Gasteiger charge is -2.15. The Morgan fingerprint density at radius 2 is 1.84 bits per heavy atom. The second-order valence-electron chi connectivity index (χ2n) is 6.93. The first kappa shape index (κ1) is 21.2. The summed E-state index contributed by atoms with van der Waals surface area (Å²) in [5, 5.41) is 17.0. The van der Waals surface area contributed by atoms with E-state index in [1.165, 1.54) is 0 Å². The number of hydrogen-bond donors (Lipinski definition) is 1. The maximum Gasteiger partial charge on any atom is 0.355 e. The Morgan fingerprint density at radius 1 is 1.12 bits per heavy atom. The number of halogens is 3. The van der Waals surface area contributed by atoms with Gasteiger partial charge in [0.15, 0.2) is 0 Å². The predicted octanol–water partition coefficient (Wildman–Crippen LogP) is 2.54. The molecule has 0 saturated carbocycles. The van der Waals surface area contributed by atoms with Crippen molar-refractivity contribution in [3.05, 3.63) is 79.7 Å². The van der Waals surface area contributed by atoms with E-state index in [9.17, 15) is 18.4 Å². The standard InChI is InChI=1S/C20H14ClF2N7O2/c1-28-10-12-6-17(15(21)8-16(12)27-28)25-18-26-19(31)29(3-2-24)20(32)30(18)9-11-4-13(22)7-14(23)5-11/h4-8,10H,3,9H2,1H3,(H,25,26,31). The predicted molar refractivity (Wildman–Crippen MR) is 113 cm³/mol. The first-order valence-electron chi connectivity index (χ1n) is 9.18. The van der Waals surface area contributed by atoms with Gasteiger partial charge in [0.25, 0.3) is 0 Å². The van der Waals surface area contributed by atoms with Gasteiger partial charge < -0.3 is 5.32 Å². The first-order chi connectivity index (χ1) is 15.2. The van der Waals surface area contributed by atoms with Crippen molar-refractivity contribution < 1.29 is 8.78 Å². The molecule has 9 nitrogen and oxygen atoms in total. The minimum atomic E-state index is -0.959. The number of benzene rings is 2. The summed E-state index contributed by atoms with van der Waals surface area (Å²) in [5.74, 6) is -1.86. The number of nitrogens with zero attached hydrogens (tertiary/aromatic N) is 6. The average molecular weight is 458 g/mol. The van der Waals surface area contributed by atoms with Crippen molar-refractivity contribution in [2.24, 2.45) is 7.05 Å². The second-order valence-corrected chi connectivity index (χ2v) is 7.33. The number of rotatable bonds is 5. The largest absolute Gasteiger partial charge is 0.355 e. The Kier molecular flexibility index (Phi) is 5.46. The third-order valence-electron chi connectivity index (χ3n) is 4.60. The van der Waals surface area contributed by atoms with Gasteiger partial charge in [-0.3, -0.25) is 9.25 Å². The molecule has 0 amide bonds. The van der Waals surface area contributed by atoms with Gasteiger partial charge in [-0.05, 0) is 29.8 Å². The minimum Gasteiger partial charge on any atom is -0.324 e. The van der Waals surface area contributed by atoms with Gasteiger partial charge in [-0.25, -0.2) is 22.9 Å². The van der Waals surface area contributed by atoms with Crippen LogP contribution in [-0.4, -0.2) is 23.9 Å². The van der Waals surface area contributed by atoms with E-state index in [0.29, 0.717) is 21.8 Å². The van der Waals surface area contributed by atoms with Crippen molar-refractivity contribution in [1.82, 2.24) is 23.9 Å². The highest BCUT2D eigenvalue weighted by atomic mass is 35.5. The fourth-order valence-corrected chi connectivity index (χ4v) is 3.45. The molecule has 0 atom stereocenters.